The van der Waals surface area contributed by atoms with Crippen LogP contribution in [0, 0.1) is 22.2 Å². The van der Waals surface area contributed by atoms with E-state index in [-0.39, 0.29) is 23.4 Å². The standard InChI is InChI=1S/C23H30N2O5S3/c1-22(2,12-20(26)28-5)14-23(3,4)15-32-31-10-6-9-29-21(27)30-16-7-8-17-18(11-16)33-19(13-24)25-17/h7-8,11H,6,9-10,12,14-15H2,1-5H3. The van der Waals surface area contributed by atoms with Crippen molar-refractivity contribution >= 4 is 55.3 Å². The zero-order valence-corrected chi connectivity index (χ0v) is 22.1. The first-order valence-electron chi connectivity index (χ1n) is 10.5. The van der Waals surface area contributed by atoms with Gasteiger partial charge in [0.15, 0.2) is 5.01 Å². The SMILES string of the molecule is COC(=O)CC(C)(C)CC(C)(C)CSSCCCOC(=O)Oc1ccc2nc(C#N)sc2c1. The van der Waals surface area contributed by atoms with E-state index < -0.39 is 6.16 Å². The van der Waals surface area contributed by atoms with Gasteiger partial charge in [-0.1, -0.05) is 49.3 Å². The van der Waals surface area contributed by atoms with Crippen molar-refractivity contribution in [3.63, 3.8) is 0 Å². The van der Waals surface area contributed by atoms with Crippen molar-refractivity contribution in [3.8, 4) is 11.8 Å². The van der Waals surface area contributed by atoms with Crippen LogP contribution in [0.1, 0.15) is 52.0 Å². The number of aromatic nitrogens is 1. The van der Waals surface area contributed by atoms with Gasteiger partial charge in [0.2, 0.25) is 0 Å². The lowest BCUT2D eigenvalue weighted by Gasteiger charge is -2.34. The molecule has 0 atom stereocenters. The molecule has 2 rings (SSSR count). The molecule has 180 valence electrons. The minimum absolute atomic E-state index is 0.0860. The minimum Gasteiger partial charge on any atom is -0.469 e. The first-order valence-corrected chi connectivity index (χ1v) is 13.8. The molecule has 0 N–H and O–H groups in total. The second kappa shape index (κ2) is 12.5. The number of methoxy groups -OCH3 is 1. The van der Waals surface area contributed by atoms with Crippen LogP contribution in [0.3, 0.4) is 0 Å². The summed E-state index contributed by atoms with van der Waals surface area (Å²) in [6.07, 6.45) is 1.31. The Bertz CT molecular complexity index is 998. The van der Waals surface area contributed by atoms with Crippen LogP contribution < -0.4 is 4.74 Å². The van der Waals surface area contributed by atoms with Gasteiger partial charge in [0.25, 0.3) is 0 Å². The molecule has 0 saturated heterocycles. The summed E-state index contributed by atoms with van der Waals surface area (Å²) in [5.74, 6) is 2.00. The van der Waals surface area contributed by atoms with E-state index in [0.29, 0.717) is 22.7 Å². The summed E-state index contributed by atoms with van der Waals surface area (Å²) >= 11 is 1.25. The molecule has 2 aromatic rings. The smallest absolute Gasteiger partial charge is 0.469 e. The molecule has 0 aliphatic rings. The molecule has 0 bridgehead atoms. The molecule has 0 fully saturated rings. The number of benzene rings is 1. The molecule has 7 nitrogen and oxygen atoms in total. The molecule has 1 aromatic heterocycles. The molecular formula is C23H30N2O5S3. The topological polar surface area (TPSA) is 98.5 Å². The van der Waals surface area contributed by atoms with Crippen molar-refractivity contribution in [1.29, 1.82) is 5.26 Å². The third-order valence-electron chi connectivity index (χ3n) is 4.59. The van der Waals surface area contributed by atoms with Crippen LogP contribution in [0.4, 0.5) is 4.79 Å². The highest BCUT2D eigenvalue weighted by Crippen LogP contribution is 2.40. The Hall–Kier alpha value is -1.96. The summed E-state index contributed by atoms with van der Waals surface area (Å²) in [6.45, 7) is 8.90. The highest BCUT2D eigenvalue weighted by Gasteiger charge is 2.31. The quantitative estimate of drug-likeness (QED) is 0.138. The van der Waals surface area contributed by atoms with Crippen molar-refractivity contribution in [2.45, 2.75) is 47.0 Å². The number of hydrogen-bond acceptors (Lipinski definition) is 10. The van der Waals surface area contributed by atoms with E-state index in [4.69, 9.17) is 19.5 Å². The van der Waals surface area contributed by atoms with Gasteiger partial charge in [0, 0.05) is 17.6 Å². The van der Waals surface area contributed by atoms with Crippen LogP contribution in [-0.2, 0) is 14.3 Å². The first-order chi connectivity index (χ1) is 15.5. The Morgan fingerprint density at radius 3 is 2.64 bits per heavy atom. The fourth-order valence-corrected chi connectivity index (χ4v) is 7.11. The van der Waals surface area contributed by atoms with Gasteiger partial charge >= 0.3 is 12.1 Å². The largest absolute Gasteiger partial charge is 0.513 e. The monoisotopic (exact) mass is 510 g/mol. The predicted octanol–water partition coefficient (Wildman–Crippen LogP) is 6.46. The van der Waals surface area contributed by atoms with Gasteiger partial charge in [0.1, 0.15) is 11.8 Å². The third kappa shape index (κ3) is 9.82. The maximum atomic E-state index is 11.9. The Morgan fingerprint density at radius 2 is 1.94 bits per heavy atom. The first kappa shape index (κ1) is 27.3. The highest BCUT2D eigenvalue weighted by molar-refractivity contribution is 8.76. The lowest BCUT2D eigenvalue weighted by molar-refractivity contribution is -0.143. The molecule has 0 radical (unpaired) electrons. The Labute approximate surface area is 207 Å². The lowest BCUT2D eigenvalue weighted by Crippen LogP contribution is -2.27. The number of carbonyl (C=O) groups excluding carboxylic acids is 2. The summed E-state index contributed by atoms with van der Waals surface area (Å²) in [4.78, 5) is 27.7. The number of thiazole rings is 1. The maximum absolute atomic E-state index is 11.9. The zero-order chi connectivity index (χ0) is 24.5. The van der Waals surface area contributed by atoms with Gasteiger partial charge in [-0.3, -0.25) is 4.79 Å². The molecule has 0 spiro atoms. The molecule has 33 heavy (non-hydrogen) atoms. The molecular weight excluding hydrogens is 480 g/mol. The van der Waals surface area contributed by atoms with Crippen LogP contribution in [0.15, 0.2) is 18.2 Å². The number of fused-ring (bicyclic) bond motifs is 1. The number of nitrogens with zero attached hydrogens (tertiary/aromatic N) is 2. The molecule has 0 amide bonds. The normalized spacial score (nSPS) is 11.8. The summed E-state index contributed by atoms with van der Waals surface area (Å²) in [5.41, 5.74) is 0.670. The Kier molecular flexibility index (Phi) is 10.3. The average Bonchev–Trinajstić information content (AvgIpc) is 3.14. The van der Waals surface area contributed by atoms with Gasteiger partial charge in [-0.2, -0.15) is 5.26 Å². The van der Waals surface area contributed by atoms with E-state index in [1.165, 1.54) is 18.4 Å². The van der Waals surface area contributed by atoms with Crippen LogP contribution in [0.5, 0.6) is 5.75 Å². The van der Waals surface area contributed by atoms with E-state index in [1.807, 2.05) is 6.07 Å². The van der Waals surface area contributed by atoms with E-state index in [1.54, 1.807) is 39.8 Å². The van der Waals surface area contributed by atoms with Gasteiger partial charge in [-0.05, 0) is 35.8 Å². The van der Waals surface area contributed by atoms with E-state index in [9.17, 15) is 9.59 Å². The van der Waals surface area contributed by atoms with Crippen LogP contribution in [-0.4, -0.2) is 42.3 Å². The molecule has 10 heteroatoms. The van der Waals surface area contributed by atoms with Crippen molar-refractivity contribution < 1.29 is 23.8 Å². The molecule has 0 saturated carbocycles. The molecule has 0 aliphatic heterocycles. The van der Waals surface area contributed by atoms with Crippen molar-refractivity contribution in [2.24, 2.45) is 10.8 Å². The van der Waals surface area contributed by atoms with Crippen molar-refractivity contribution in [2.75, 3.05) is 25.2 Å². The lowest BCUT2D eigenvalue weighted by atomic mass is 9.74. The van der Waals surface area contributed by atoms with E-state index >= 15 is 0 Å². The summed E-state index contributed by atoms with van der Waals surface area (Å²) in [5, 5.41) is 9.29. The maximum Gasteiger partial charge on any atom is 0.513 e. The minimum atomic E-state index is -0.744. The van der Waals surface area contributed by atoms with Crippen LogP contribution in [0.25, 0.3) is 10.2 Å². The average molecular weight is 511 g/mol. The van der Waals surface area contributed by atoms with E-state index in [0.717, 1.165) is 29.0 Å². The molecule has 1 heterocycles. The van der Waals surface area contributed by atoms with E-state index in [2.05, 4.69) is 32.7 Å². The van der Waals surface area contributed by atoms with Gasteiger partial charge in [0.05, 0.1) is 30.4 Å². The predicted molar refractivity (Wildman–Crippen MR) is 135 cm³/mol. The number of nitriles is 1. The number of esters is 1. The third-order valence-corrected chi connectivity index (χ3v) is 8.39. The molecule has 0 aliphatic carbocycles. The number of hydrogen-bond donors (Lipinski definition) is 0. The number of carbonyl (C=O) groups is 2. The number of rotatable bonds is 12. The summed E-state index contributed by atoms with van der Waals surface area (Å²) in [6, 6.07) is 7.02. The van der Waals surface area contributed by atoms with Gasteiger partial charge in [-0.15, -0.1) is 11.3 Å². The van der Waals surface area contributed by atoms with Crippen LogP contribution >= 0.6 is 32.9 Å². The Balaban J connectivity index is 1.62. The van der Waals surface area contributed by atoms with Gasteiger partial charge in [-0.25, -0.2) is 9.78 Å². The summed E-state index contributed by atoms with van der Waals surface area (Å²) < 4.78 is 15.9. The molecule has 0 unspecified atom stereocenters. The van der Waals surface area contributed by atoms with Crippen molar-refractivity contribution in [1.82, 2.24) is 4.98 Å². The van der Waals surface area contributed by atoms with Gasteiger partial charge < -0.3 is 14.2 Å². The fraction of sp³-hybridized carbons (Fsp3) is 0.565. The molecule has 1 aromatic carbocycles. The second-order valence-electron chi connectivity index (χ2n) is 9.16. The fourth-order valence-electron chi connectivity index (χ4n) is 3.55. The van der Waals surface area contributed by atoms with Crippen LogP contribution in [0.2, 0.25) is 0 Å². The second-order valence-corrected chi connectivity index (χ2v) is 12.8. The summed E-state index contributed by atoms with van der Waals surface area (Å²) in [7, 11) is 4.96. The Morgan fingerprint density at radius 1 is 1.18 bits per heavy atom. The van der Waals surface area contributed by atoms with Crippen molar-refractivity contribution in [3.05, 3.63) is 23.2 Å². The number of ether oxygens (including phenoxy) is 3. The zero-order valence-electron chi connectivity index (χ0n) is 19.6. The highest BCUT2D eigenvalue weighted by atomic mass is 33.1.